The monoisotopic (exact) mass is 361 g/mol. The fourth-order valence-electron chi connectivity index (χ4n) is 1.96. The van der Waals surface area contributed by atoms with Gasteiger partial charge in [-0.1, -0.05) is 17.4 Å². The molecule has 0 atom stereocenters. The zero-order valence-corrected chi connectivity index (χ0v) is 14.0. The maximum absolute atomic E-state index is 12.8. The van der Waals surface area contributed by atoms with Gasteiger partial charge in [0.05, 0.1) is 4.88 Å². The van der Waals surface area contributed by atoms with E-state index < -0.39 is 5.82 Å². The molecule has 2 heterocycles. The minimum Gasteiger partial charge on any atom is -0.301 e. The van der Waals surface area contributed by atoms with Crippen LogP contribution in [0.5, 0.6) is 0 Å². The SMILES string of the molecule is O=C(CCC(=O)c1ccc(F)cc1)Nc1nnc(-c2cccs2)s1. The van der Waals surface area contributed by atoms with E-state index in [1.165, 1.54) is 35.6 Å². The number of ketones is 1. The van der Waals surface area contributed by atoms with Gasteiger partial charge in [0, 0.05) is 18.4 Å². The van der Waals surface area contributed by atoms with E-state index in [9.17, 15) is 14.0 Å². The first-order chi connectivity index (χ1) is 11.6. The van der Waals surface area contributed by atoms with Gasteiger partial charge in [-0.15, -0.1) is 21.5 Å². The van der Waals surface area contributed by atoms with Gasteiger partial charge in [0.1, 0.15) is 5.82 Å². The Hall–Kier alpha value is -2.45. The average Bonchev–Trinajstić information content (AvgIpc) is 3.24. The maximum atomic E-state index is 12.8. The number of amides is 1. The number of nitrogens with one attached hydrogen (secondary N) is 1. The highest BCUT2D eigenvalue weighted by atomic mass is 32.1. The molecule has 0 saturated heterocycles. The molecule has 8 heteroatoms. The van der Waals surface area contributed by atoms with Crippen molar-refractivity contribution in [2.24, 2.45) is 0 Å². The first-order valence-corrected chi connectivity index (χ1v) is 8.77. The normalized spacial score (nSPS) is 10.5. The Morgan fingerprint density at radius 3 is 2.58 bits per heavy atom. The summed E-state index contributed by atoms with van der Waals surface area (Å²) in [6.45, 7) is 0. The Balaban J connectivity index is 1.52. The van der Waals surface area contributed by atoms with Crippen molar-refractivity contribution in [2.75, 3.05) is 5.32 Å². The van der Waals surface area contributed by atoms with E-state index in [1.54, 1.807) is 11.3 Å². The fraction of sp³-hybridized carbons (Fsp3) is 0.125. The number of anilines is 1. The predicted octanol–water partition coefficient (Wildman–Crippen LogP) is 4.01. The number of rotatable bonds is 6. The molecule has 2 aromatic heterocycles. The molecule has 3 rings (SSSR count). The van der Waals surface area contributed by atoms with Crippen molar-refractivity contribution in [1.82, 2.24) is 10.2 Å². The molecule has 0 fully saturated rings. The molecule has 0 bridgehead atoms. The second-order valence-electron chi connectivity index (χ2n) is 4.87. The molecule has 3 aromatic rings. The van der Waals surface area contributed by atoms with Gasteiger partial charge in [-0.25, -0.2) is 4.39 Å². The molecule has 122 valence electrons. The van der Waals surface area contributed by atoms with Gasteiger partial charge in [0.2, 0.25) is 11.0 Å². The van der Waals surface area contributed by atoms with Crippen LogP contribution in [-0.4, -0.2) is 21.9 Å². The Bertz CT molecular complexity index is 845. The van der Waals surface area contributed by atoms with Crippen LogP contribution in [0.2, 0.25) is 0 Å². The summed E-state index contributed by atoms with van der Waals surface area (Å²) in [6.07, 6.45) is 0.0815. The standard InChI is InChI=1S/C16H12FN3O2S2/c17-11-5-3-10(4-6-11)12(21)7-8-14(22)18-16-20-19-15(24-16)13-2-1-9-23-13/h1-6,9H,7-8H2,(H,18,20,22). The summed E-state index contributed by atoms with van der Waals surface area (Å²) in [4.78, 5) is 24.8. The minimum atomic E-state index is -0.401. The number of hydrogen-bond acceptors (Lipinski definition) is 6. The van der Waals surface area contributed by atoms with Gasteiger partial charge in [-0.3, -0.25) is 9.59 Å². The fourth-order valence-corrected chi connectivity index (χ4v) is 3.51. The van der Waals surface area contributed by atoms with E-state index in [2.05, 4.69) is 15.5 Å². The van der Waals surface area contributed by atoms with Gasteiger partial charge >= 0.3 is 0 Å². The molecule has 0 aliphatic heterocycles. The van der Waals surface area contributed by atoms with Crippen LogP contribution in [0.4, 0.5) is 9.52 Å². The van der Waals surface area contributed by atoms with Crippen LogP contribution in [0.3, 0.4) is 0 Å². The van der Waals surface area contributed by atoms with Gasteiger partial charge in [0.15, 0.2) is 10.8 Å². The first-order valence-electron chi connectivity index (χ1n) is 7.08. The van der Waals surface area contributed by atoms with Crippen LogP contribution in [0.15, 0.2) is 41.8 Å². The third-order valence-corrected chi connectivity index (χ3v) is 5.03. The van der Waals surface area contributed by atoms with Gasteiger partial charge in [-0.05, 0) is 35.7 Å². The molecule has 0 aliphatic carbocycles. The highest BCUT2D eigenvalue weighted by Crippen LogP contribution is 2.29. The van der Waals surface area contributed by atoms with Gasteiger partial charge in [0.25, 0.3) is 0 Å². The minimum absolute atomic E-state index is 0.0319. The predicted molar refractivity (Wildman–Crippen MR) is 91.8 cm³/mol. The average molecular weight is 361 g/mol. The Morgan fingerprint density at radius 1 is 1.08 bits per heavy atom. The summed E-state index contributed by atoms with van der Waals surface area (Å²) in [5.41, 5.74) is 0.389. The van der Waals surface area contributed by atoms with Gasteiger partial charge < -0.3 is 5.32 Å². The number of aromatic nitrogens is 2. The van der Waals surface area contributed by atoms with E-state index >= 15 is 0 Å². The third-order valence-electron chi connectivity index (χ3n) is 3.15. The lowest BCUT2D eigenvalue weighted by Gasteiger charge is -2.01. The third kappa shape index (κ3) is 4.09. The van der Waals surface area contributed by atoms with Crippen molar-refractivity contribution in [2.45, 2.75) is 12.8 Å². The summed E-state index contributed by atoms with van der Waals surface area (Å²) in [6, 6.07) is 9.11. The Kier molecular flexibility index (Phi) is 5.07. The number of nitrogens with zero attached hydrogens (tertiary/aromatic N) is 2. The molecule has 0 spiro atoms. The molecule has 0 saturated carbocycles. The number of carbonyl (C=O) groups is 2. The van der Waals surface area contributed by atoms with Crippen LogP contribution >= 0.6 is 22.7 Å². The first kappa shape index (κ1) is 16.4. The number of Topliss-reactive ketones (excluding diaryl/α,β-unsaturated/α-hetero) is 1. The molecule has 1 aromatic carbocycles. The summed E-state index contributed by atoms with van der Waals surface area (Å²) < 4.78 is 12.8. The topological polar surface area (TPSA) is 72.0 Å². The van der Waals surface area contributed by atoms with Crippen LogP contribution in [0.1, 0.15) is 23.2 Å². The van der Waals surface area contributed by atoms with Crippen LogP contribution < -0.4 is 5.32 Å². The van der Waals surface area contributed by atoms with Crippen molar-refractivity contribution in [3.63, 3.8) is 0 Å². The van der Waals surface area contributed by atoms with Crippen molar-refractivity contribution >= 4 is 39.5 Å². The molecule has 5 nitrogen and oxygen atoms in total. The zero-order valence-electron chi connectivity index (χ0n) is 12.4. The molecule has 0 aliphatic rings. The summed E-state index contributed by atoms with van der Waals surface area (Å²) in [7, 11) is 0. The van der Waals surface area contributed by atoms with E-state index in [1.807, 2.05) is 17.5 Å². The molecule has 24 heavy (non-hydrogen) atoms. The molecular weight excluding hydrogens is 349 g/mol. The lowest BCUT2D eigenvalue weighted by atomic mass is 10.1. The van der Waals surface area contributed by atoms with E-state index in [4.69, 9.17) is 0 Å². The maximum Gasteiger partial charge on any atom is 0.226 e. The van der Waals surface area contributed by atoms with E-state index in [0.29, 0.717) is 10.7 Å². The number of benzene rings is 1. The van der Waals surface area contributed by atoms with Gasteiger partial charge in [-0.2, -0.15) is 0 Å². The lowest BCUT2D eigenvalue weighted by molar-refractivity contribution is -0.116. The summed E-state index contributed by atoms with van der Waals surface area (Å²) in [5, 5.41) is 13.7. The number of halogens is 1. The van der Waals surface area contributed by atoms with Crippen molar-refractivity contribution in [1.29, 1.82) is 0 Å². The quantitative estimate of drug-likeness (QED) is 0.674. The summed E-state index contributed by atoms with van der Waals surface area (Å²) in [5.74, 6) is -0.914. The molecular formula is C16H12FN3O2S2. The molecule has 0 unspecified atom stereocenters. The highest BCUT2D eigenvalue weighted by Gasteiger charge is 2.13. The molecule has 1 N–H and O–H groups in total. The smallest absolute Gasteiger partial charge is 0.226 e. The highest BCUT2D eigenvalue weighted by molar-refractivity contribution is 7.23. The molecule has 1 amide bonds. The van der Waals surface area contributed by atoms with E-state index in [-0.39, 0.29) is 24.5 Å². The Labute approximate surface area is 145 Å². The lowest BCUT2D eigenvalue weighted by Crippen LogP contribution is -2.13. The summed E-state index contributed by atoms with van der Waals surface area (Å²) >= 11 is 2.83. The number of thiophene rings is 1. The number of carbonyl (C=O) groups excluding carboxylic acids is 2. The van der Waals surface area contributed by atoms with Crippen molar-refractivity contribution < 1.29 is 14.0 Å². The number of hydrogen-bond donors (Lipinski definition) is 1. The zero-order chi connectivity index (χ0) is 16.9. The van der Waals surface area contributed by atoms with Crippen LogP contribution in [0, 0.1) is 5.82 Å². The second kappa shape index (κ2) is 7.41. The van der Waals surface area contributed by atoms with Crippen molar-refractivity contribution in [3.05, 3.63) is 53.2 Å². The molecule has 0 radical (unpaired) electrons. The van der Waals surface area contributed by atoms with E-state index in [0.717, 1.165) is 9.88 Å². The largest absolute Gasteiger partial charge is 0.301 e. The Morgan fingerprint density at radius 2 is 1.88 bits per heavy atom. The van der Waals surface area contributed by atoms with Crippen LogP contribution in [-0.2, 0) is 4.79 Å². The van der Waals surface area contributed by atoms with Crippen molar-refractivity contribution in [3.8, 4) is 9.88 Å². The van der Waals surface area contributed by atoms with Crippen LogP contribution in [0.25, 0.3) is 9.88 Å². The second-order valence-corrected chi connectivity index (χ2v) is 6.79.